The predicted octanol–water partition coefficient (Wildman–Crippen LogP) is 6.27. The van der Waals surface area contributed by atoms with Crippen LogP contribution < -0.4 is 4.74 Å². The highest BCUT2D eigenvalue weighted by atomic mass is 35.5. The van der Waals surface area contributed by atoms with Gasteiger partial charge in [0.25, 0.3) is 0 Å². The molecule has 0 aromatic heterocycles. The van der Waals surface area contributed by atoms with Gasteiger partial charge in [-0.1, -0.05) is 55.3 Å². The Morgan fingerprint density at radius 3 is 2.62 bits per heavy atom. The summed E-state index contributed by atoms with van der Waals surface area (Å²) in [6, 6.07) is 16.1. The van der Waals surface area contributed by atoms with Crippen molar-refractivity contribution in [3.8, 4) is 5.75 Å². The van der Waals surface area contributed by atoms with E-state index in [1.807, 2.05) is 36.4 Å². The molecule has 0 fully saturated rings. The summed E-state index contributed by atoms with van der Waals surface area (Å²) < 4.78 is 5.27. The highest BCUT2D eigenvalue weighted by Crippen LogP contribution is 2.24. The molecule has 0 saturated heterocycles. The number of nitrogens with one attached hydrogen (secondary N) is 1. The van der Waals surface area contributed by atoms with E-state index in [4.69, 9.17) is 21.7 Å². The van der Waals surface area contributed by atoms with Gasteiger partial charge in [-0.25, -0.2) is 0 Å². The topological polar surface area (TPSA) is 33.1 Å². The Bertz CT molecular complexity index is 668. The minimum atomic E-state index is 0.142. The number of methoxy groups -OCH3 is 1. The molecular formula is C21H26ClNO. The largest absolute Gasteiger partial charge is 0.497 e. The van der Waals surface area contributed by atoms with Crippen LogP contribution >= 0.6 is 11.6 Å². The molecule has 0 amide bonds. The van der Waals surface area contributed by atoms with Crippen LogP contribution in [0.4, 0.5) is 0 Å². The molecule has 2 nitrogen and oxygen atoms in total. The van der Waals surface area contributed by atoms with Gasteiger partial charge in [0.2, 0.25) is 0 Å². The minimum absolute atomic E-state index is 0.142. The second-order valence-electron chi connectivity index (χ2n) is 6.18. The SMILES string of the molecule is COc1cccc([C@@H](C)C(=N)CCCCCc2ccccc2Cl)c1. The molecule has 3 heteroatoms. The number of unbranched alkanes of at least 4 members (excludes halogenated alkanes) is 2. The number of benzene rings is 2. The zero-order chi connectivity index (χ0) is 17.4. The zero-order valence-corrected chi connectivity index (χ0v) is 15.3. The molecule has 2 aromatic rings. The Hall–Kier alpha value is -1.80. The van der Waals surface area contributed by atoms with Crippen LogP contribution in [0.2, 0.25) is 5.02 Å². The predicted molar refractivity (Wildman–Crippen MR) is 103 cm³/mol. The first kappa shape index (κ1) is 18.5. The summed E-state index contributed by atoms with van der Waals surface area (Å²) in [5.74, 6) is 0.996. The summed E-state index contributed by atoms with van der Waals surface area (Å²) >= 11 is 6.18. The van der Waals surface area contributed by atoms with Gasteiger partial charge in [0, 0.05) is 16.7 Å². The Kier molecular flexibility index (Phi) is 7.33. The fourth-order valence-electron chi connectivity index (χ4n) is 2.84. The Morgan fingerprint density at radius 2 is 1.88 bits per heavy atom. The lowest BCUT2D eigenvalue weighted by Gasteiger charge is -2.14. The van der Waals surface area contributed by atoms with Gasteiger partial charge >= 0.3 is 0 Å². The van der Waals surface area contributed by atoms with Crippen LogP contribution in [0.1, 0.15) is 49.7 Å². The third-order valence-corrected chi connectivity index (χ3v) is 4.84. The van der Waals surface area contributed by atoms with Crippen LogP contribution in [0, 0.1) is 5.41 Å². The number of halogens is 1. The zero-order valence-electron chi connectivity index (χ0n) is 14.5. The van der Waals surface area contributed by atoms with Crippen LogP contribution in [-0.2, 0) is 6.42 Å². The van der Waals surface area contributed by atoms with Gasteiger partial charge in [0.05, 0.1) is 7.11 Å². The quantitative estimate of drug-likeness (QED) is 0.422. The number of ether oxygens (including phenoxy) is 1. The molecule has 2 rings (SSSR count). The van der Waals surface area contributed by atoms with Crippen molar-refractivity contribution in [2.24, 2.45) is 0 Å². The van der Waals surface area contributed by atoms with Gasteiger partial charge in [-0.3, -0.25) is 0 Å². The maximum atomic E-state index is 8.33. The average molecular weight is 344 g/mol. The van der Waals surface area contributed by atoms with Crippen molar-refractivity contribution in [1.82, 2.24) is 0 Å². The van der Waals surface area contributed by atoms with Crippen LogP contribution in [-0.4, -0.2) is 12.8 Å². The van der Waals surface area contributed by atoms with Gasteiger partial charge in [0.15, 0.2) is 0 Å². The molecule has 24 heavy (non-hydrogen) atoms. The first-order valence-electron chi connectivity index (χ1n) is 8.56. The maximum Gasteiger partial charge on any atom is 0.119 e. The van der Waals surface area contributed by atoms with E-state index >= 15 is 0 Å². The molecule has 0 radical (unpaired) electrons. The molecule has 0 aliphatic rings. The molecule has 0 heterocycles. The smallest absolute Gasteiger partial charge is 0.119 e. The van der Waals surface area contributed by atoms with Gasteiger partial charge in [-0.2, -0.15) is 0 Å². The van der Waals surface area contributed by atoms with E-state index in [0.717, 1.165) is 54.2 Å². The van der Waals surface area contributed by atoms with Crippen molar-refractivity contribution in [2.75, 3.05) is 7.11 Å². The lowest BCUT2D eigenvalue weighted by Crippen LogP contribution is -2.08. The van der Waals surface area contributed by atoms with E-state index in [0.29, 0.717) is 0 Å². The van der Waals surface area contributed by atoms with Crippen molar-refractivity contribution >= 4 is 17.3 Å². The highest BCUT2D eigenvalue weighted by molar-refractivity contribution is 6.31. The molecule has 128 valence electrons. The van der Waals surface area contributed by atoms with E-state index in [2.05, 4.69) is 19.1 Å². The van der Waals surface area contributed by atoms with Crippen LogP contribution in [0.5, 0.6) is 5.75 Å². The number of hydrogen-bond donors (Lipinski definition) is 1. The highest BCUT2D eigenvalue weighted by Gasteiger charge is 2.12. The average Bonchev–Trinajstić information content (AvgIpc) is 2.62. The van der Waals surface area contributed by atoms with Crippen molar-refractivity contribution in [3.05, 3.63) is 64.7 Å². The van der Waals surface area contributed by atoms with Gasteiger partial charge in [-0.05, 0) is 55.0 Å². The normalized spacial score (nSPS) is 12.0. The number of aryl methyl sites for hydroxylation is 1. The van der Waals surface area contributed by atoms with Crippen molar-refractivity contribution in [2.45, 2.75) is 44.9 Å². The second kappa shape index (κ2) is 9.48. The standard InChI is InChI=1S/C21H26ClNO/c1-16(18-11-8-12-19(15-18)24-2)21(23)14-5-3-4-9-17-10-6-7-13-20(17)22/h6-8,10-13,15-16,23H,3-5,9,14H2,1-2H3/t16-/m1/s1. The summed E-state index contributed by atoms with van der Waals surface area (Å²) in [6.07, 6.45) is 5.15. The van der Waals surface area contributed by atoms with E-state index in [-0.39, 0.29) is 5.92 Å². The van der Waals surface area contributed by atoms with E-state index in [1.54, 1.807) is 7.11 Å². The van der Waals surface area contributed by atoms with Gasteiger partial charge in [0.1, 0.15) is 5.75 Å². The Balaban J connectivity index is 1.73. The first-order valence-corrected chi connectivity index (χ1v) is 8.94. The number of hydrogen-bond acceptors (Lipinski definition) is 2. The summed E-state index contributed by atoms with van der Waals surface area (Å²) in [4.78, 5) is 0. The lowest BCUT2D eigenvalue weighted by atomic mass is 9.92. The van der Waals surface area contributed by atoms with E-state index in [1.165, 1.54) is 5.56 Å². The monoisotopic (exact) mass is 343 g/mol. The molecule has 2 aromatic carbocycles. The fourth-order valence-corrected chi connectivity index (χ4v) is 3.07. The summed E-state index contributed by atoms with van der Waals surface area (Å²) in [6.45, 7) is 2.10. The molecule has 0 aliphatic carbocycles. The maximum absolute atomic E-state index is 8.33. The van der Waals surface area contributed by atoms with Crippen LogP contribution in [0.15, 0.2) is 48.5 Å². The van der Waals surface area contributed by atoms with Crippen LogP contribution in [0.3, 0.4) is 0 Å². The third-order valence-electron chi connectivity index (χ3n) is 4.47. The Labute approximate surface area is 150 Å². The molecule has 1 N–H and O–H groups in total. The number of rotatable bonds is 9. The molecule has 0 spiro atoms. The van der Waals surface area contributed by atoms with Crippen molar-refractivity contribution < 1.29 is 4.74 Å². The summed E-state index contributed by atoms with van der Waals surface area (Å²) in [7, 11) is 1.67. The van der Waals surface area contributed by atoms with E-state index < -0.39 is 0 Å². The minimum Gasteiger partial charge on any atom is -0.497 e. The summed E-state index contributed by atoms with van der Waals surface area (Å²) in [5.41, 5.74) is 3.16. The van der Waals surface area contributed by atoms with Gasteiger partial charge < -0.3 is 10.1 Å². The van der Waals surface area contributed by atoms with Crippen molar-refractivity contribution in [1.29, 1.82) is 5.41 Å². The fraction of sp³-hybridized carbons (Fsp3) is 0.381. The molecule has 1 atom stereocenters. The first-order chi connectivity index (χ1) is 11.6. The third kappa shape index (κ3) is 5.38. The lowest BCUT2D eigenvalue weighted by molar-refractivity contribution is 0.414. The molecular weight excluding hydrogens is 318 g/mol. The second-order valence-corrected chi connectivity index (χ2v) is 6.58. The molecule has 0 bridgehead atoms. The summed E-state index contributed by atoms with van der Waals surface area (Å²) in [5, 5.41) is 9.19. The van der Waals surface area contributed by atoms with E-state index in [9.17, 15) is 0 Å². The molecule has 0 saturated carbocycles. The van der Waals surface area contributed by atoms with Gasteiger partial charge in [-0.15, -0.1) is 0 Å². The van der Waals surface area contributed by atoms with Crippen LogP contribution in [0.25, 0.3) is 0 Å². The molecule has 0 aliphatic heterocycles. The van der Waals surface area contributed by atoms with Crippen molar-refractivity contribution in [3.63, 3.8) is 0 Å². The Morgan fingerprint density at radius 1 is 1.08 bits per heavy atom. The molecule has 0 unspecified atom stereocenters.